The fraction of sp³-hybridized carbons (Fsp3) is 0.409. The van der Waals surface area contributed by atoms with Gasteiger partial charge in [-0.25, -0.2) is 17.2 Å². The van der Waals surface area contributed by atoms with Crippen LogP contribution in [-0.4, -0.2) is 55.2 Å². The molecule has 1 aliphatic carbocycles. The van der Waals surface area contributed by atoms with Crippen LogP contribution in [0.1, 0.15) is 30.1 Å². The summed E-state index contributed by atoms with van der Waals surface area (Å²) in [5.74, 6) is -3.53. The second kappa shape index (κ2) is 10.0. The molecule has 0 aliphatic heterocycles. The van der Waals surface area contributed by atoms with E-state index in [2.05, 4.69) is 5.32 Å². The first kappa shape index (κ1) is 25.5. The first-order valence-electron chi connectivity index (χ1n) is 10.2. The molecule has 0 heterocycles. The Kier molecular flexibility index (Phi) is 7.75. The second-order valence-electron chi connectivity index (χ2n) is 8.37. The van der Waals surface area contributed by atoms with Gasteiger partial charge >= 0.3 is 0 Å². The van der Waals surface area contributed by atoms with Crippen molar-refractivity contribution in [2.75, 3.05) is 24.3 Å². The number of hydrogen-bond donors (Lipinski definition) is 3. The smallest absolute Gasteiger partial charge is 0.255 e. The van der Waals surface area contributed by atoms with E-state index in [0.717, 1.165) is 18.2 Å². The van der Waals surface area contributed by atoms with Crippen molar-refractivity contribution in [2.24, 2.45) is 5.92 Å². The number of anilines is 1. The van der Waals surface area contributed by atoms with Gasteiger partial charge in [-0.15, -0.1) is 0 Å². The lowest BCUT2D eigenvalue weighted by Crippen LogP contribution is -2.50. The van der Waals surface area contributed by atoms with Crippen LogP contribution in [-0.2, 0) is 14.6 Å². The molecule has 0 bridgehead atoms. The third-order valence-corrected chi connectivity index (χ3v) is 7.59. The van der Waals surface area contributed by atoms with E-state index in [4.69, 9.17) is 16.3 Å². The number of hydrogen-bond acceptors (Lipinski definition) is 6. The Bertz CT molecular complexity index is 1140. The summed E-state index contributed by atoms with van der Waals surface area (Å²) in [6.45, 7) is 1.62. The molecule has 1 saturated carbocycles. The van der Waals surface area contributed by atoms with Crippen molar-refractivity contribution in [3.63, 3.8) is 0 Å². The van der Waals surface area contributed by atoms with Crippen LogP contribution in [0, 0.1) is 17.6 Å². The second-order valence-corrected chi connectivity index (χ2v) is 10.8. The van der Waals surface area contributed by atoms with E-state index in [-0.39, 0.29) is 58.9 Å². The summed E-state index contributed by atoms with van der Waals surface area (Å²) < 4.78 is 57.5. The highest BCUT2D eigenvalue weighted by Crippen LogP contribution is 2.40. The highest BCUT2D eigenvalue weighted by atomic mass is 35.5. The molecule has 180 valence electrons. The fourth-order valence-electron chi connectivity index (χ4n) is 3.73. The summed E-state index contributed by atoms with van der Waals surface area (Å²) in [7, 11) is -3.89. The van der Waals surface area contributed by atoms with Gasteiger partial charge in [0.25, 0.3) is 5.91 Å². The Morgan fingerprint density at radius 1 is 1.24 bits per heavy atom. The van der Waals surface area contributed by atoms with Gasteiger partial charge in [-0.3, -0.25) is 4.79 Å². The van der Waals surface area contributed by atoms with E-state index in [1.807, 2.05) is 0 Å². The maximum atomic E-state index is 13.4. The third kappa shape index (κ3) is 6.48. The number of aliphatic hydroxyl groups excluding tert-OH is 1. The highest BCUT2D eigenvalue weighted by Gasteiger charge is 2.45. The van der Waals surface area contributed by atoms with E-state index >= 15 is 0 Å². The molecule has 7 nitrogen and oxygen atoms in total. The summed E-state index contributed by atoms with van der Waals surface area (Å²) >= 11 is 6.09. The zero-order chi connectivity index (χ0) is 24.4. The number of carbonyl (C=O) groups excluding carboxylic acids is 1. The first-order valence-corrected chi connectivity index (χ1v) is 12.2. The van der Waals surface area contributed by atoms with Gasteiger partial charge in [-0.05, 0) is 56.0 Å². The fourth-order valence-corrected chi connectivity index (χ4v) is 5.91. The molecule has 1 amide bonds. The van der Waals surface area contributed by atoms with Crippen molar-refractivity contribution in [1.29, 1.82) is 0 Å². The average Bonchev–Trinajstić information content (AvgIpc) is 2.69. The maximum absolute atomic E-state index is 13.4. The molecule has 0 unspecified atom stereocenters. The minimum Gasteiger partial charge on any atom is -0.391 e. The van der Waals surface area contributed by atoms with Gasteiger partial charge in [0.05, 0.1) is 40.6 Å². The predicted octanol–water partition coefficient (Wildman–Crippen LogP) is 3.18. The summed E-state index contributed by atoms with van der Waals surface area (Å²) in [6, 6.07) is 6.56. The van der Waals surface area contributed by atoms with Crippen LogP contribution in [0.3, 0.4) is 0 Å². The molecule has 1 atom stereocenters. The number of ether oxygens (including phenoxy) is 1. The van der Waals surface area contributed by atoms with Crippen LogP contribution < -0.4 is 5.32 Å². The highest BCUT2D eigenvalue weighted by molar-refractivity contribution is 7.91. The maximum Gasteiger partial charge on any atom is 0.255 e. The normalized spacial score (nSPS) is 21.3. The molecule has 11 heteroatoms. The van der Waals surface area contributed by atoms with Crippen LogP contribution in [0.5, 0.6) is 0 Å². The molecule has 0 radical (unpaired) electrons. The van der Waals surface area contributed by atoms with Gasteiger partial charge in [0.1, 0.15) is 0 Å². The number of amides is 1. The molecule has 0 spiro atoms. The Morgan fingerprint density at radius 3 is 2.58 bits per heavy atom. The molecule has 33 heavy (non-hydrogen) atoms. The van der Waals surface area contributed by atoms with Crippen molar-refractivity contribution in [1.82, 2.24) is 0 Å². The number of aliphatic hydroxyl groups is 2. The molecule has 0 saturated heterocycles. The topological polar surface area (TPSA) is 113 Å². The summed E-state index contributed by atoms with van der Waals surface area (Å²) in [5.41, 5.74) is -1.17. The SMILES string of the molecule is C[C@@H](O)COCC1(O)CC(CS(=O)(=O)c2cc(C(=O)Nc3ccc(F)c(F)c3)ccc2Cl)C1. The standard InChI is InChI=1S/C22H24ClF2NO6S/c1-13(27)10-32-12-22(29)8-14(9-22)11-33(30,31)20-6-15(2-4-17(20)23)21(28)26-16-3-5-18(24)19(25)7-16/h2-7,13-14,27,29H,8-12H2,1H3,(H,26,28)/t13-,14?,22?/m1/s1. The van der Waals surface area contributed by atoms with Gasteiger partial charge in [0.2, 0.25) is 0 Å². The van der Waals surface area contributed by atoms with E-state index in [1.54, 1.807) is 6.92 Å². The van der Waals surface area contributed by atoms with Crippen LogP contribution in [0.4, 0.5) is 14.5 Å². The van der Waals surface area contributed by atoms with Gasteiger partial charge in [0, 0.05) is 17.3 Å². The molecule has 2 aromatic rings. The minimum absolute atomic E-state index is 0.00446. The van der Waals surface area contributed by atoms with E-state index in [9.17, 15) is 32.2 Å². The zero-order valence-corrected chi connectivity index (χ0v) is 19.3. The largest absolute Gasteiger partial charge is 0.391 e. The van der Waals surface area contributed by atoms with Gasteiger partial charge < -0.3 is 20.3 Å². The summed E-state index contributed by atoms with van der Waals surface area (Å²) in [6.07, 6.45) is -0.251. The number of halogens is 3. The van der Waals surface area contributed by atoms with E-state index in [1.165, 1.54) is 18.2 Å². The van der Waals surface area contributed by atoms with Gasteiger partial charge in [-0.1, -0.05) is 11.6 Å². The van der Waals surface area contributed by atoms with Gasteiger partial charge in [-0.2, -0.15) is 0 Å². The molecule has 0 aromatic heterocycles. The van der Waals surface area contributed by atoms with E-state index in [0.29, 0.717) is 0 Å². The van der Waals surface area contributed by atoms with Crippen LogP contribution in [0.2, 0.25) is 5.02 Å². The van der Waals surface area contributed by atoms with Crippen molar-refractivity contribution in [3.8, 4) is 0 Å². The van der Waals surface area contributed by atoms with Crippen molar-refractivity contribution in [2.45, 2.75) is 36.4 Å². The van der Waals surface area contributed by atoms with Crippen LogP contribution >= 0.6 is 11.6 Å². The molecular formula is C22H24ClF2NO6S. The Labute approximate surface area is 195 Å². The minimum atomic E-state index is -3.89. The van der Waals surface area contributed by atoms with E-state index < -0.39 is 39.1 Å². The Balaban J connectivity index is 1.67. The lowest BCUT2D eigenvalue weighted by Gasteiger charge is -2.43. The number of carbonyl (C=O) groups is 1. The molecule has 3 rings (SSSR count). The molecule has 2 aromatic carbocycles. The number of benzene rings is 2. The van der Waals surface area contributed by atoms with Crippen molar-refractivity contribution >= 4 is 33.0 Å². The zero-order valence-electron chi connectivity index (χ0n) is 17.7. The monoisotopic (exact) mass is 503 g/mol. The lowest BCUT2D eigenvalue weighted by molar-refractivity contribution is -0.126. The van der Waals surface area contributed by atoms with Crippen LogP contribution in [0.15, 0.2) is 41.3 Å². The lowest BCUT2D eigenvalue weighted by atomic mass is 9.72. The number of sulfone groups is 1. The van der Waals surface area contributed by atoms with Crippen molar-refractivity contribution < 1.29 is 36.9 Å². The Hall–Kier alpha value is -2.11. The Morgan fingerprint density at radius 2 is 1.94 bits per heavy atom. The summed E-state index contributed by atoms with van der Waals surface area (Å²) in [5, 5.41) is 21.9. The van der Waals surface area contributed by atoms with Gasteiger partial charge in [0.15, 0.2) is 21.5 Å². The molecule has 3 N–H and O–H groups in total. The third-order valence-electron chi connectivity index (χ3n) is 5.23. The van der Waals surface area contributed by atoms with Crippen LogP contribution in [0.25, 0.3) is 0 Å². The summed E-state index contributed by atoms with van der Waals surface area (Å²) in [4.78, 5) is 12.3. The first-order chi connectivity index (χ1) is 15.4. The quantitative estimate of drug-likeness (QED) is 0.484. The molecule has 1 fully saturated rings. The predicted molar refractivity (Wildman–Crippen MR) is 118 cm³/mol. The molecular weight excluding hydrogens is 480 g/mol. The molecule has 1 aliphatic rings. The number of rotatable bonds is 9. The van der Waals surface area contributed by atoms with Crippen molar-refractivity contribution in [3.05, 3.63) is 58.6 Å². The number of nitrogens with one attached hydrogen (secondary N) is 1. The average molecular weight is 504 g/mol.